The van der Waals surface area contributed by atoms with Crippen LogP contribution in [-0.2, 0) is 4.79 Å². The molecule has 0 fully saturated rings. The van der Waals surface area contributed by atoms with Crippen LogP contribution < -0.4 is 0 Å². The summed E-state index contributed by atoms with van der Waals surface area (Å²) in [5.74, 6) is -2.76. The summed E-state index contributed by atoms with van der Waals surface area (Å²) in [5.41, 5.74) is 0. The number of thioether (sulfide) groups is 1. The summed E-state index contributed by atoms with van der Waals surface area (Å²) < 4.78 is 31.7. The van der Waals surface area contributed by atoms with Crippen LogP contribution in [0.3, 0.4) is 0 Å². The molecule has 0 saturated carbocycles. The molecule has 82 valence electrons. The van der Waals surface area contributed by atoms with Gasteiger partial charge in [0.1, 0.15) is 0 Å². The van der Waals surface area contributed by atoms with Crippen molar-refractivity contribution in [1.29, 1.82) is 0 Å². The van der Waals surface area contributed by atoms with Crippen LogP contribution in [0.1, 0.15) is 0 Å². The fraction of sp³-hybridized carbons (Fsp3) is 0.800. The van der Waals surface area contributed by atoms with Crippen LogP contribution in [0.25, 0.3) is 0 Å². The number of carbonyl (C=O) groups is 1. The fourth-order valence-electron chi connectivity index (χ4n) is 0. The molecule has 0 bridgehead atoms. The number of rotatable bonds is 0. The zero-order valence-electron chi connectivity index (χ0n) is 6.86. The molecule has 0 aromatic rings. The normalized spacial score (nSPS) is 8.85. The largest absolute Gasteiger partial charge is 0.490 e. The van der Waals surface area contributed by atoms with Gasteiger partial charge in [0.15, 0.2) is 0 Å². The number of hydrogen-bond acceptors (Lipinski definition) is 2. The highest BCUT2D eigenvalue weighted by molar-refractivity contribution is 7.97. The van der Waals surface area contributed by atoms with E-state index < -0.39 is 12.1 Å². The van der Waals surface area contributed by atoms with E-state index in [0.29, 0.717) is 0 Å². The van der Waals surface area contributed by atoms with E-state index in [-0.39, 0.29) is 5.34 Å². The van der Waals surface area contributed by atoms with Crippen molar-refractivity contribution in [3.8, 4) is 0 Å². The first-order valence-corrected chi connectivity index (χ1v) is 5.30. The number of carboxylic acids is 1. The maximum absolute atomic E-state index is 10.6. The first-order chi connectivity index (χ1) is 5.77. The predicted molar refractivity (Wildman–Crippen MR) is 49.7 cm³/mol. The Balaban J connectivity index is -0.000000140. The van der Waals surface area contributed by atoms with Crippen LogP contribution >= 0.6 is 35.0 Å². The predicted octanol–water partition coefficient (Wildman–Crippen LogP) is 3.03. The lowest BCUT2D eigenvalue weighted by Crippen LogP contribution is -2.21. The first-order valence-electron chi connectivity index (χ1n) is 2.60. The molecule has 0 aliphatic carbocycles. The van der Waals surface area contributed by atoms with Crippen LogP contribution in [0.5, 0.6) is 0 Å². The Bertz CT molecular complexity index is 119. The van der Waals surface area contributed by atoms with Crippen LogP contribution in [0.2, 0.25) is 0 Å². The van der Waals surface area contributed by atoms with Gasteiger partial charge >= 0.3 is 12.1 Å². The van der Waals surface area contributed by atoms with E-state index in [0.717, 1.165) is 0 Å². The van der Waals surface area contributed by atoms with Crippen molar-refractivity contribution in [2.75, 3.05) is 17.9 Å². The molecular formula is C5H9Cl2F3O2S. The molecule has 0 saturated heterocycles. The molecule has 8 heteroatoms. The number of halogens is 5. The Labute approximate surface area is 88.4 Å². The lowest BCUT2D eigenvalue weighted by molar-refractivity contribution is -0.192. The smallest absolute Gasteiger partial charge is 0.475 e. The molecule has 0 amide bonds. The van der Waals surface area contributed by atoms with Gasteiger partial charge in [-0.25, -0.2) is 4.79 Å². The van der Waals surface area contributed by atoms with Gasteiger partial charge in [0.25, 0.3) is 0 Å². The van der Waals surface area contributed by atoms with E-state index in [4.69, 9.17) is 33.1 Å². The van der Waals surface area contributed by atoms with Crippen molar-refractivity contribution in [1.82, 2.24) is 0 Å². The number of hydrogen-bond donors (Lipinski definition) is 1. The van der Waals surface area contributed by atoms with Crippen molar-refractivity contribution in [2.24, 2.45) is 0 Å². The van der Waals surface area contributed by atoms with Crippen LogP contribution in [0.15, 0.2) is 0 Å². The molecule has 0 aliphatic rings. The maximum Gasteiger partial charge on any atom is 0.490 e. The molecule has 0 radical (unpaired) electrons. The average molecular weight is 261 g/mol. The lowest BCUT2D eigenvalue weighted by atomic mass is 10.7. The molecule has 0 aromatic carbocycles. The van der Waals surface area contributed by atoms with Crippen LogP contribution in [0, 0.1) is 0 Å². The minimum absolute atomic E-state index is 0.194. The van der Waals surface area contributed by atoms with Gasteiger partial charge in [0, 0.05) is 0 Å². The molecule has 0 heterocycles. The molecule has 0 aliphatic heterocycles. The third kappa shape index (κ3) is 33.0. The van der Waals surface area contributed by atoms with Crippen LogP contribution in [0.4, 0.5) is 13.2 Å². The second kappa shape index (κ2) is 12.2. The van der Waals surface area contributed by atoms with Gasteiger partial charge < -0.3 is 5.11 Å². The summed E-state index contributed by atoms with van der Waals surface area (Å²) in [6.07, 6.45) is -1.00. The Morgan fingerprint density at radius 3 is 1.46 bits per heavy atom. The zero-order chi connectivity index (χ0) is 11.5. The van der Waals surface area contributed by atoms with Gasteiger partial charge in [-0.05, 0) is 12.5 Å². The molecule has 0 rings (SSSR count). The average Bonchev–Trinajstić information content (AvgIpc) is 1.88. The molecule has 13 heavy (non-hydrogen) atoms. The van der Waals surface area contributed by atoms with E-state index in [9.17, 15) is 13.2 Å². The van der Waals surface area contributed by atoms with E-state index in [2.05, 4.69) is 0 Å². The van der Waals surface area contributed by atoms with Gasteiger partial charge in [-0.1, -0.05) is 0 Å². The quantitative estimate of drug-likeness (QED) is 0.681. The minimum atomic E-state index is -5.08. The standard InChI is InChI=1S/C2HF3O2.C2H6S.CH2Cl2/c3-2(4,5)1(6)7;1-3-2;2-1-3/h(H,6,7);1-2H3;1H2. The molecular weight excluding hydrogens is 252 g/mol. The molecule has 0 spiro atoms. The third-order valence-electron chi connectivity index (χ3n) is 0.243. The lowest BCUT2D eigenvalue weighted by Gasteiger charge is -1.93. The Hall–Kier alpha value is 0.190. The van der Waals surface area contributed by atoms with E-state index in [1.807, 2.05) is 12.5 Å². The van der Waals surface area contributed by atoms with E-state index in [1.165, 1.54) is 0 Å². The van der Waals surface area contributed by atoms with E-state index in [1.54, 1.807) is 11.8 Å². The molecule has 1 N–H and O–H groups in total. The first kappa shape index (κ1) is 18.9. The van der Waals surface area contributed by atoms with Crippen LogP contribution in [-0.4, -0.2) is 35.1 Å². The summed E-state index contributed by atoms with van der Waals surface area (Å²) in [5, 5.41) is 7.32. The van der Waals surface area contributed by atoms with E-state index >= 15 is 0 Å². The van der Waals surface area contributed by atoms with Gasteiger partial charge in [-0.15, -0.1) is 23.2 Å². The summed E-state index contributed by atoms with van der Waals surface area (Å²) in [6.45, 7) is 0. The van der Waals surface area contributed by atoms with Crippen molar-refractivity contribution in [3.63, 3.8) is 0 Å². The monoisotopic (exact) mass is 260 g/mol. The number of alkyl halides is 5. The maximum atomic E-state index is 10.6. The SMILES string of the molecule is CSC.ClCCl.O=C(O)C(F)(F)F. The second-order valence-electron chi connectivity index (χ2n) is 1.31. The van der Waals surface area contributed by atoms with Crippen molar-refractivity contribution in [3.05, 3.63) is 0 Å². The fourth-order valence-corrected chi connectivity index (χ4v) is 0. The summed E-state index contributed by atoms with van der Waals surface area (Å²) >= 11 is 11.3. The van der Waals surface area contributed by atoms with Crippen molar-refractivity contribution >= 4 is 40.9 Å². The minimum Gasteiger partial charge on any atom is -0.475 e. The summed E-state index contributed by atoms with van der Waals surface area (Å²) in [7, 11) is 0. The molecule has 0 unspecified atom stereocenters. The second-order valence-corrected chi connectivity index (χ2v) is 2.94. The van der Waals surface area contributed by atoms with Gasteiger partial charge in [0.2, 0.25) is 0 Å². The van der Waals surface area contributed by atoms with Gasteiger partial charge in [-0.2, -0.15) is 24.9 Å². The molecule has 2 nitrogen and oxygen atoms in total. The van der Waals surface area contributed by atoms with Gasteiger partial charge in [-0.3, -0.25) is 0 Å². The Kier molecular flexibility index (Phi) is 17.7. The topological polar surface area (TPSA) is 37.3 Å². The highest BCUT2D eigenvalue weighted by Crippen LogP contribution is 2.13. The third-order valence-corrected chi connectivity index (χ3v) is 0.243. The number of aliphatic carboxylic acids is 1. The Morgan fingerprint density at radius 2 is 1.46 bits per heavy atom. The van der Waals surface area contributed by atoms with Crippen molar-refractivity contribution in [2.45, 2.75) is 6.18 Å². The molecule has 0 atom stereocenters. The highest BCUT2D eigenvalue weighted by Gasteiger charge is 2.38. The van der Waals surface area contributed by atoms with Crippen molar-refractivity contribution < 1.29 is 23.1 Å². The van der Waals surface area contributed by atoms with Gasteiger partial charge in [0.05, 0.1) is 5.34 Å². The number of carboxylic acid groups (broad SMARTS) is 1. The summed E-state index contributed by atoms with van der Waals surface area (Å²) in [4.78, 5) is 8.90. The molecule has 0 aromatic heterocycles. The highest BCUT2D eigenvalue weighted by atomic mass is 35.5. The Morgan fingerprint density at radius 1 is 1.38 bits per heavy atom. The summed E-state index contributed by atoms with van der Waals surface area (Å²) in [6, 6.07) is 0. The zero-order valence-corrected chi connectivity index (χ0v) is 9.19.